The zero-order chi connectivity index (χ0) is 43.3. The molecule has 1 amide bonds. The third-order valence-electron chi connectivity index (χ3n) is 12.9. The van der Waals surface area contributed by atoms with E-state index >= 15 is 8.78 Å². The largest absolute Gasteiger partial charge is 0.468 e. The first-order valence-electron chi connectivity index (χ1n) is 21.3. The molecule has 0 radical (unpaired) electrons. The summed E-state index contributed by atoms with van der Waals surface area (Å²) in [6.45, 7) is 20.1. The van der Waals surface area contributed by atoms with Crippen LogP contribution in [0.25, 0.3) is 32.9 Å². The second-order valence-electron chi connectivity index (χ2n) is 18.9. The summed E-state index contributed by atoms with van der Waals surface area (Å²) >= 11 is 0. The quantitative estimate of drug-likeness (QED) is 0.0811. The Morgan fingerprint density at radius 2 is 1.70 bits per heavy atom. The molecule has 11 nitrogen and oxygen atoms in total. The molecule has 1 saturated carbocycles. The maximum Gasteiger partial charge on any atom is 0.410 e. The lowest BCUT2D eigenvalue weighted by atomic mass is 9.95. The van der Waals surface area contributed by atoms with Crippen molar-refractivity contribution in [1.82, 2.24) is 19.9 Å². The van der Waals surface area contributed by atoms with E-state index in [2.05, 4.69) is 63.2 Å². The van der Waals surface area contributed by atoms with Crippen molar-refractivity contribution in [3.05, 3.63) is 47.7 Å². The molecular formula is C46H60F2N6O5Si. The minimum Gasteiger partial charge on any atom is -0.468 e. The van der Waals surface area contributed by atoms with Crippen LogP contribution in [0.2, 0.25) is 16.6 Å². The highest BCUT2D eigenvalue weighted by atomic mass is 28.3. The van der Waals surface area contributed by atoms with Gasteiger partial charge in [-0.25, -0.2) is 18.6 Å². The molecule has 4 heterocycles. The number of nitrogens with one attached hydrogen (secondary N) is 1. The van der Waals surface area contributed by atoms with Crippen molar-refractivity contribution in [2.75, 3.05) is 50.4 Å². The monoisotopic (exact) mass is 842 g/mol. The van der Waals surface area contributed by atoms with Crippen molar-refractivity contribution >= 4 is 47.6 Å². The van der Waals surface area contributed by atoms with E-state index in [9.17, 15) is 9.90 Å². The number of halogens is 2. The number of amides is 1. The normalized spacial score (nSPS) is 18.7. The molecule has 1 aliphatic carbocycles. The van der Waals surface area contributed by atoms with E-state index in [-0.39, 0.29) is 59.7 Å². The minimum absolute atomic E-state index is 0.0182. The van der Waals surface area contributed by atoms with Crippen LogP contribution in [0.5, 0.6) is 5.75 Å². The predicted molar refractivity (Wildman–Crippen MR) is 235 cm³/mol. The van der Waals surface area contributed by atoms with Crippen LogP contribution in [-0.4, -0.2) is 97.0 Å². The van der Waals surface area contributed by atoms with Gasteiger partial charge in [-0.15, -0.1) is 5.54 Å². The van der Waals surface area contributed by atoms with Crippen LogP contribution in [0.15, 0.2) is 30.5 Å². The first-order valence-corrected chi connectivity index (χ1v) is 23.5. The number of anilines is 2. The summed E-state index contributed by atoms with van der Waals surface area (Å²) in [5.41, 5.74) is 4.20. The molecule has 322 valence electrons. The Kier molecular flexibility index (Phi) is 12.1. The number of hydrogen-bond acceptors (Lipinski definition) is 10. The molecule has 2 N–H and O–H groups in total. The van der Waals surface area contributed by atoms with E-state index in [1.54, 1.807) is 24.4 Å². The van der Waals surface area contributed by atoms with E-state index in [1.807, 2.05) is 25.7 Å². The first kappa shape index (κ1) is 43.5. The van der Waals surface area contributed by atoms with Gasteiger partial charge in [0.25, 0.3) is 0 Å². The Morgan fingerprint density at radius 3 is 2.28 bits per heavy atom. The van der Waals surface area contributed by atoms with Crippen LogP contribution in [0.4, 0.5) is 25.3 Å². The number of rotatable bonds is 12. The van der Waals surface area contributed by atoms with E-state index in [1.165, 1.54) is 13.2 Å². The predicted octanol–water partition coefficient (Wildman–Crippen LogP) is 9.45. The standard InChI is InChI=1S/C46H60F2N6O5Si/c1-27(2)60(28(3)4,29(5)6)18-15-34-37(47)14-11-30-19-33(58-26-57-10)20-35(38(30)34)40-39(48)41-36(21-49-40)42(52-43(51-41)50-24-46(25-55)16-17-46)53-22-31-12-13-32(23-53)54(31)44(56)59-45(7,8)9/h11,14,19-21,27-29,31-32,55H,12-13,16-17,22-26H2,1-10H3,(H,50,51,52). The third-order valence-corrected chi connectivity index (χ3v) is 19.2. The minimum atomic E-state index is -2.30. The van der Waals surface area contributed by atoms with Gasteiger partial charge in [0.2, 0.25) is 5.95 Å². The van der Waals surface area contributed by atoms with Gasteiger partial charge in [0.1, 0.15) is 42.3 Å². The highest BCUT2D eigenvalue weighted by molar-refractivity contribution is 6.90. The smallest absolute Gasteiger partial charge is 0.410 e. The molecule has 2 bridgehead atoms. The number of methoxy groups -OCH3 is 1. The van der Waals surface area contributed by atoms with Crippen LogP contribution in [0.1, 0.15) is 93.6 Å². The van der Waals surface area contributed by atoms with Gasteiger partial charge >= 0.3 is 6.09 Å². The molecule has 2 aliphatic heterocycles. The third kappa shape index (κ3) is 8.25. The average Bonchev–Trinajstić information content (AvgIpc) is 3.92. The maximum atomic E-state index is 17.7. The van der Waals surface area contributed by atoms with Crippen LogP contribution in [0.3, 0.4) is 0 Å². The van der Waals surface area contributed by atoms with Crippen molar-refractivity contribution in [1.29, 1.82) is 0 Å². The molecule has 3 fully saturated rings. The van der Waals surface area contributed by atoms with E-state index < -0.39 is 25.3 Å². The molecule has 7 rings (SSSR count). The second-order valence-corrected chi connectivity index (χ2v) is 24.5. The summed E-state index contributed by atoms with van der Waals surface area (Å²) in [5, 5.41) is 14.8. The number of hydrogen-bond donors (Lipinski definition) is 2. The second kappa shape index (κ2) is 16.7. The zero-order valence-electron chi connectivity index (χ0n) is 36.7. The first-order chi connectivity index (χ1) is 28.4. The van der Waals surface area contributed by atoms with Crippen LogP contribution < -0.4 is 15.0 Å². The summed E-state index contributed by atoms with van der Waals surface area (Å²) in [4.78, 5) is 31.8. The lowest BCUT2D eigenvalue weighted by Gasteiger charge is -2.42. The Balaban J connectivity index is 1.40. The molecule has 2 atom stereocenters. The van der Waals surface area contributed by atoms with Gasteiger partial charge in [0, 0.05) is 49.3 Å². The number of carbonyl (C=O) groups is 1. The number of aliphatic hydroxyl groups excluding tert-OH is 1. The van der Waals surface area contributed by atoms with E-state index in [0.29, 0.717) is 69.5 Å². The maximum absolute atomic E-state index is 17.7. The van der Waals surface area contributed by atoms with Crippen LogP contribution >= 0.6 is 0 Å². The number of fused-ring (bicyclic) bond motifs is 4. The molecular weight excluding hydrogens is 783 g/mol. The number of benzene rings is 2. The molecule has 3 aliphatic rings. The molecule has 0 spiro atoms. The Labute approximate surface area is 353 Å². The molecule has 2 saturated heterocycles. The van der Waals surface area contributed by atoms with Gasteiger partial charge in [-0.05, 0) is 86.7 Å². The lowest BCUT2D eigenvalue weighted by Crippen LogP contribution is -2.57. The van der Waals surface area contributed by atoms with Crippen LogP contribution in [-0.2, 0) is 9.47 Å². The van der Waals surface area contributed by atoms with Gasteiger partial charge in [0.15, 0.2) is 12.6 Å². The van der Waals surface area contributed by atoms with Crippen molar-refractivity contribution < 1.29 is 32.9 Å². The average molecular weight is 843 g/mol. The van der Waals surface area contributed by atoms with Gasteiger partial charge < -0.3 is 29.5 Å². The molecule has 14 heteroatoms. The van der Waals surface area contributed by atoms with Gasteiger partial charge in [-0.1, -0.05) is 53.5 Å². The summed E-state index contributed by atoms with van der Waals surface area (Å²) in [6, 6.07) is 6.24. The fraction of sp³-hybridized carbons (Fsp3) is 0.565. The molecule has 2 aromatic carbocycles. The highest BCUT2D eigenvalue weighted by Crippen LogP contribution is 2.46. The van der Waals surface area contributed by atoms with Gasteiger partial charge in [0.05, 0.1) is 29.6 Å². The number of pyridine rings is 1. The molecule has 2 unspecified atom stereocenters. The lowest BCUT2D eigenvalue weighted by molar-refractivity contribution is 0.0123. The number of aliphatic hydroxyl groups is 1. The zero-order valence-corrected chi connectivity index (χ0v) is 37.7. The number of piperazine rings is 1. The topological polar surface area (TPSA) is 122 Å². The van der Waals surface area contributed by atoms with Crippen LogP contribution in [0, 0.1) is 28.5 Å². The fourth-order valence-corrected chi connectivity index (χ4v) is 14.8. The van der Waals surface area contributed by atoms with Crippen molar-refractivity contribution in [3.8, 4) is 28.5 Å². The number of carbonyl (C=O) groups excluding carboxylic acids is 1. The summed E-state index contributed by atoms with van der Waals surface area (Å²) in [6.07, 6.45) is 4.57. The SMILES string of the molecule is COCOc1cc(-c2ncc3c(N4CC5CCC(C4)N5C(=O)OC(C)(C)C)nc(NCC4(CO)CC4)nc3c2F)c2c(C#C[Si](C(C)C)(C(C)C)C(C)C)c(F)ccc2c1. The van der Waals surface area contributed by atoms with E-state index in [4.69, 9.17) is 29.2 Å². The van der Waals surface area contributed by atoms with E-state index in [0.717, 1.165) is 25.7 Å². The van der Waals surface area contributed by atoms with Crippen molar-refractivity contribution in [2.45, 2.75) is 122 Å². The summed E-state index contributed by atoms with van der Waals surface area (Å²) < 4.78 is 50.8. The fourth-order valence-electron chi connectivity index (χ4n) is 9.61. The molecule has 60 heavy (non-hydrogen) atoms. The Bertz CT molecular complexity index is 2300. The van der Waals surface area contributed by atoms with Gasteiger partial charge in [-0.2, -0.15) is 4.98 Å². The summed E-state index contributed by atoms with van der Waals surface area (Å²) in [5.74, 6) is 3.22. The number of ether oxygens (including phenoxy) is 3. The number of nitrogens with zero attached hydrogens (tertiary/aromatic N) is 5. The highest BCUT2D eigenvalue weighted by Gasteiger charge is 2.46. The van der Waals surface area contributed by atoms with Crippen molar-refractivity contribution in [3.63, 3.8) is 0 Å². The van der Waals surface area contributed by atoms with Gasteiger partial charge in [-0.3, -0.25) is 9.88 Å². The van der Waals surface area contributed by atoms with Crippen molar-refractivity contribution in [2.24, 2.45) is 5.41 Å². The summed E-state index contributed by atoms with van der Waals surface area (Å²) in [7, 11) is -0.786. The number of aromatic nitrogens is 3. The Hall–Kier alpha value is -4.58. The Morgan fingerprint density at radius 1 is 1.03 bits per heavy atom. The molecule has 2 aromatic heterocycles. The molecule has 4 aromatic rings.